The van der Waals surface area contributed by atoms with Crippen molar-refractivity contribution in [1.29, 1.82) is 5.26 Å². The molecule has 110 valence electrons. The Morgan fingerprint density at radius 1 is 1.52 bits per heavy atom. The number of morpholine rings is 1. The highest BCUT2D eigenvalue weighted by molar-refractivity contribution is 5.90. The molecule has 2 rings (SSSR count). The minimum atomic E-state index is -0.764. The highest BCUT2D eigenvalue weighted by Gasteiger charge is 2.29. The van der Waals surface area contributed by atoms with Crippen molar-refractivity contribution in [3.05, 3.63) is 29.8 Å². The summed E-state index contributed by atoms with van der Waals surface area (Å²) in [5, 5.41) is 11.5. The van der Waals surface area contributed by atoms with Gasteiger partial charge >= 0.3 is 12.0 Å². The second-order valence-corrected chi connectivity index (χ2v) is 4.45. The number of amides is 2. The predicted octanol–water partition coefficient (Wildman–Crippen LogP) is 0.964. The number of nitrogens with zero attached hydrogens (tertiary/aromatic N) is 2. The van der Waals surface area contributed by atoms with Crippen LogP contribution in [0.3, 0.4) is 0 Å². The molecule has 2 amide bonds. The highest BCUT2D eigenvalue weighted by atomic mass is 16.6. The van der Waals surface area contributed by atoms with Crippen LogP contribution in [0.4, 0.5) is 10.5 Å². The number of methoxy groups -OCH3 is 1. The lowest BCUT2D eigenvalue weighted by Crippen LogP contribution is -2.50. The third kappa shape index (κ3) is 3.70. The van der Waals surface area contributed by atoms with Crippen molar-refractivity contribution < 1.29 is 19.1 Å². The summed E-state index contributed by atoms with van der Waals surface area (Å²) in [4.78, 5) is 25.1. The third-order valence-corrected chi connectivity index (χ3v) is 3.06. The standard InChI is InChI=1S/C14H15N3O4/c1-20-13(18)12-9-17(5-6-21-12)14(19)16-11-4-2-3-10(7-11)8-15/h2-4,7,12H,5-6,9H2,1H3,(H,16,19). The molecule has 1 aliphatic rings. The van der Waals surface area contributed by atoms with E-state index in [-0.39, 0.29) is 19.2 Å². The molecule has 0 radical (unpaired) electrons. The Morgan fingerprint density at radius 3 is 3.05 bits per heavy atom. The summed E-state index contributed by atoms with van der Waals surface area (Å²) in [7, 11) is 1.28. The molecule has 1 fully saturated rings. The lowest BCUT2D eigenvalue weighted by atomic mass is 10.2. The maximum absolute atomic E-state index is 12.1. The Hall–Kier alpha value is -2.59. The lowest BCUT2D eigenvalue weighted by Gasteiger charge is -2.31. The molecule has 0 saturated carbocycles. The molecule has 1 aromatic rings. The fourth-order valence-electron chi connectivity index (χ4n) is 1.98. The van der Waals surface area contributed by atoms with Crippen molar-refractivity contribution in [3.63, 3.8) is 0 Å². The summed E-state index contributed by atoms with van der Waals surface area (Å²) < 4.78 is 9.87. The molecule has 0 bridgehead atoms. The van der Waals surface area contributed by atoms with Gasteiger partial charge in [-0.1, -0.05) is 6.07 Å². The lowest BCUT2D eigenvalue weighted by molar-refractivity contribution is -0.158. The van der Waals surface area contributed by atoms with E-state index >= 15 is 0 Å². The van der Waals surface area contributed by atoms with Crippen LogP contribution in [-0.4, -0.2) is 49.8 Å². The number of hydrogen-bond donors (Lipinski definition) is 1. The summed E-state index contributed by atoms with van der Waals surface area (Å²) in [6, 6.07) is 8.27. The number of anilines is 1. The van der Waals surface area contributed by atoms with Crippen molar-refractivity contribution in [3.8, 4) is 6.07 Å². The van der Waals surface area contributed by atoms with Crippen LogP contribution in [0.25, 0.3) is 0 Å². The summed E-state index contributed by atoms with van der Waals surface area (Å²) >= 11 is 0. The monoisotopic (exact) mass is 289 g/mol. The zero-order chi connectivity index (χ0) is 15.2. The topological polar surface area (TPSA) is 91.7 Å². The van der Waals surface area contributed by atoms with E-state index < -0.39 is 12.1 Å². The van der Waals surface area contributed by atoms with Crippen LogP contribution in [-0.2, 0) is 14.3 Å². The predicted molar refractivity (Wildman–Crippen MR) is 73.5 cm³/mol. The molecule has 0 aliphatic carbocycles. The van der Waals surface area contributed by atoms with E-state index in [1.165, 1.54) is 12.0 Å². The van der Waals surface area contributed by atoms with Gasteiger partial charge in [-0.05, 0) is 18.2 Å². The Bertz CT molecular complexity index is 582. The molecule has 0 spiro atoms. The number of nitrogens with one attached hydrogen (secondary N) is 1. The number of carbonyl (C=O) groups excluding carboxylic acids is 2. The normalized spacial score (nSPS) is 17.7. The highest BCUT2D eigenvalue weighted by Crippen LogP contribution is 2.13. The minimum absolute atomic E-state index is 0.135. The van der Waals surface area contributed by atoms with Crippen molar-refractivity contribution in [1.82, 2.24) is 4.90 Å². The third-order valence-electron chi connectivity index (χ3n) is 3.06. The SMILES string of the molecule is COC(=O)C1CN(C(=O)Nc2cccc(C#N)c2)CCO1. The van der Waals surface area contributed by atoms with Crippen molar-refractivity contribution >= 4 is 17.7 Å². The second-order valence-electron chi connectivity index (χ2n) is 4.45. The maximum atomic E-state index is 12.1. The molecular weight excluding hydrogens is 274 g/mol. The molecule has 1 atom stereocenters. The van der Waals surface area contributed by atoms with Gasteiger partial charge < -0.3 is 19.7 Å². The van der Waals surface area contributed by atoms with Gasteiger partial charge in [0.1, 0.15) is 0 Å². The molecule has 1 aliphatic heterocycles. The van der Waals surface area contributed by atoms with E-state index in [1.54, 1.807) is 24.3 Å². The van der Waals surface area contributed by atoms with Gasteiger partial charge in [-0.25, -0.2) is 9.59 Å². The molecule has 7 heteroatoms. The van der Waals surface area contributed by atoms with E-state index in [0.29, 0.717) is 17.8 Å². The first-order valence-electron chi connectivity index (χ1n) is 6.39. The summed E-state index contributed by atoms with van der Waals surface area (Å²) in [6.07, 6.45) is -0.764. The Kier molecular flexibility index (Phi) is 4.74. The number of ether oxygens (including phenoxy) is 2. The van der Waals surface area contributed by atoms with E-state index in [9.17, 15) is 9.59 Å². The first-order valence-corrected chi connectivity index (χ1v) is 6.39. The van der Waals surface area contributed by atoms with Gasteiger partial charge in [0.2, 0.25) is 0 Å². The first-order chi connectivity index (χ1) is 10.1. The number of benzene rings is 1. The van der Waals surface area contributed by atoms with Gasteiger partial charge in [0, 0.05) is 12.2 Å². The molecule has 7 nitrogen and oxygen atoms in total. The van der Waals surface area contributed by atoms with E-state index in [2.05, 4.69) is 10.1 Å². The summed E-state index contributed by atoms with van der Waals surface area (Å²) in [5.74, 6) is -0.501. The molecule has 21 heavy (non-hydrogen) atoms. The quantitative estimate of drug-likeness (QED) is 0.819. The number of urea groups is 1. The molecule has 1 heterocycles. The van der Waals surface area contributed by atoms with Gasteiger partial charge in [-0.15, -0.1) is 0 Å². The smallest absolute Gasteiger partial charge is 0.336 e. The molecule has 1 N–H and O–H groups in total. The van der Waals surface area contributed by atoms with Crippen LogP contribution in [0.15, 0.2) is 24.3 Å². The van der Waals surface area contributed by atoms with Crippen LogP contribution < -0.4 is 5.32 Å². The van der Waals surface area contributed by atoms with Gasteiger partial charge in [0.25, 0.3) is 0 Å². The summed E-state index contributed by atoms with van der Waals surface area (Å²) in [5.41, 5.74) is 0.988. The van der Waals surface area contributed by atoms with Crippen molar-refractivity contribution in [2.24, 2.45) is 0 Å². The van der Waals surface area contributed by atoms with Gasteiger partial charge in [0.15, 0.2) is 6.10 Å². The van der Waals surface area contributed by atoms with Crippen molar-refractivity contribution in [2.75, 3.05) is 32.1 Å². The van der Waals surface area contributed by atoms with Crippen LogP contribution in [0, 0.1) is 11.3 Å². The fraction of sp³-hybridized carbons (Fsp3) is 0.357. The van der Waals surface area contributed by atoms with E-state index in [1.807, 2.05) is 6.07 Å². The summed E-state index contributed by atoms with van der Waals surface area (Å²) in [6.45, 7) is 0.791. The molecule has 1 unspecified atom stereocenters. The fourth-order valence-corrected chi connectivity index (χ4v) is 1.98. The largest absolute Gasteiger partial charge is 0.467 e. The van der Waals surface area contributed by atoms with Gasteiger partial charge in [-0.3, -0.25) is 0 Å². The van der Waals surface area contributed by atoms with Crippen LogP contribution in [0.1, 0.15) is 5.56 Å². The number of nitriles is 1. The maximum Gasteiger partial charge on any atom is 0.336 e. The zero-order valence-corrected chi connectivity index (χ0v) is 11.5. The van der Waals surface area contributed by atoms with Crippen LogP contribution >= 0.6 is 0 Å². The van der Waals surface area contributed by atoms with Gasteiger partial charge in [-0.2, -0.15) is 5.26 Å². The number of rotatable bonds is 2. The van der Waals surface area contributed by atoms with Gasteiger partial charge in [0.05, 0.1) is 31.9 Å². The number of esters is 1. The van der Waals surface area contributed by atoms with E-state index in [0.717, 1.165) is 0 Å². The van der Waals surface area contributed by atoms with Crippen LogP contribution in [0.5, 0.6) is 0 Å². The Labute approximate surface area is 122 Å². The second kappa shape index (κ2) is 6.72. The molecule has 1 aromatic carbocycles. The Balaban J connectivity index is 1.99. The van der Waals surface area contributed by atoms with Crippen LogP contribution in [0.2, 0.25) is 0 Å². The average Bonchev–Trinajstić information content (AvgIpc) is 2.54. The van der Waals surface area contributed by atoms with Crippen molar-refractivity contribution in [2.45, 2.75) is 6.10 Å². The first kappa shape index (κ1) is 14.8. The Morgan fingerprint density at radius 2 is 2.33 bits per heavy atom. The number of carbonyl (C=O) groups is 2. The average molecular weight is 289 g/mol. The minimum Gasteiger partial charge on any atom is -0.467 e. The van der Waals surface area contributed by atoms with E-state index in [4.69, 9.17) is 10.00 Å². The molecule has 1 saturated heterocycles. The molecular formula is C14H15N3O4. The molecule has 0 aromatic heterocycles. The zero-order valence-electron chi connectivity index (χ0n) is 11.5. The number of hydrogen-bond acceptors (Lipinski definition) is 5.